The number of ether oxygens (including phenoxy) is 1. The molecule has 0 aromatic heterocycles. The Hall–Kier alpha value is -1.07. The summed E-state index contributed by atoms with van der Waals surface area (Å²) < 4.78 is 6.47. The van der Waals surface area contributed by atoms with Crippen molar-refractivity contribution >= 4 is 21.8 Å². The van der Waals surface area contributed by atoms with Crippen LogP contribution in [0, 0.1) is 5.92 Å². The van der Waals surface area contributed by atoms with Gasteiger partial charge in [0.2, 0.25) is 0 Å². The van der Waals surface area contributed by atoms with Crippen LogP contribution in [-0.4, -0.2) is 25.1 Å². The highest BCUT2D eigenvalue weighted by molar-refractivity contribution is 9.10. The molecule has 1 amide bonds. The predicted molar refractivity (Wildman–Crippen MR) is 75.5 cm³/mol. The number of amides is 1. The van der Waals surface area contributed by atoms with Crippen LogP contribution in [0.2, 0.25) is 0 Å². The molecule has 0 aliphatic rings. The first kappa shape index (κ1) is 15.0. The Bertz CT molecular complexity index is 398. The molecule has 0 bridgehead atoms. The van der Waals surface area contributed by atoms with Gasteiger partial charge in [-0.25, -0.2) is 0 Å². The van der Waals surface area contributed by atoms with E-state index in [0.717, 1.165) is 4.47 Å². The number of carbonyl (C=O) groups excluding carboxylic acids is 1. The molecule has 0 spiro atoms. The highest BCUT2D eigenvalue weighted by Gasteiger charge is 2.14. The Morgan fingerprint density at radius 3 is 2.83 bits per heavy atom. The van der Waals surface area contributed by atoms with E-state index >= 15 is 0 Å². The summed E-state index contributed by atoms with van der Waals surface area (Å²) in [6.45, 7) is 4.84. The van der Waals surface area contributed by atoms with Crippen LogP contribution in [0.25, 0.3) is 0 Å². The average Bonchev–Trinajstić information content (AvgIpc) is 2.35. The highest BCUT2D eigenvalue weighted by atomic mass is 79.9. The quantitative estimate of drug-likeness (QED) is 0.843. The van der Waals surface area contributed by atoms with E-state index in [0.29, 0.717) is 18.8 Å². The van der Waals surface area contributed by atoms with Gasteiger partial charge in [0.15, 0.2) is 6.10 Å². The summed E-state index contributed by atoms with van der Waals surface area (Å²) in [5.41, 5.74) is 5.49. The van der Waals surface area contributed by atoms with Crippen LogP contribution < -0.4 is 15.8 Å². The lowest BCUT2D eigenvalue weighted by Crippen LogP contribution is -2.39. The zero-order chi connectivity index (χ0) is 13.5. The van der Waals surface area contributed by atoms with E-state index in [-0.39, 0.29) is 11.8 Å². The number of benzene rings is 1. The SMILES string of the molecule is CC(CN)CNC(=O)C(C)Oc1cccc(Br)c1. The standard InChI is InChI=1S/C13H19BrN2O2/c1-9(7-15)8-16-13(17)10(2)18-12-5-3-4-11(14)6-12/h3-6,9-10H,7-8,15H2,1-2H3,(H,16,17). The number of nitrogens with one attached hydrogen (secondary N) is 1. The number of hydrogen-bond acceptors (Lipinski definition) is 3. The summed E-state index contributed by atoms with van der Waals surface area (Å²) in [4.78, 5) is 11.8. The molecule has 0 radical (unpaired) electrons. The Morgan fingerprint density at radius 1 is 1.50 bits per heavy atom. The molecule has 0 heterocycles. The molecule has 2 unspecified atom stereocenters. The fourth-order valence-electron chi connectivity index (χ4n) is 1.30. The molecule has 4 nitrogen and oxygen atoms in total. The molecule has 0 fully saturated rings. The predicted octanol–water partition coefficient (Wildman–Crippen LogP) is 1.93. The summed E-state index contributed by atoms with van der Waals surface area (Å²) in [5.74, 6) is 0.807. The Labute approximate surface area is 116 Å². The number of rotatable bonds is 6. The van der Waals surface area contributed by atoms with Gasteiger partial charge in [0.05, 0.1) is 0 Å². The van der Waals surface area contributed by atoms with Crippen molar-refractivity contribution in [1.29, 1.82) is 0 Å². The van der Waals surface area contributed by atoms with Gasteiger partial charge in [-0.3, -0.25) is 4.79 Å². The maximum absolute atomic E-state index is 11.8. The third-order valence-electron chi connectivity index (χ3n) is 2.51. The van der Waals surface area contributed by atoms with Gasteiger partial charge in [-0.2, -0.15) is 0 Å². The molecule has 1 aromatic carbocycles. The monoisotopic (exact) mass is 314 g/mol. The lowest BCUT2D eigenvalue weighted by molar-refractivity contribution is -0.127. The minimum atomic E-state index is -0.524. The van der Waals surface area contributed by atoms with E-state index in [4.69, 9.17) is 10.5 Å². The largest absolute Gasteiger partial charge is 0.481 e. The van der Waals surface area contributed by atoms with Crippen molar-refractivity contribution in [2.75, 3.05) is 13.1 Å². The van der Waals surface area contributed by atoms with Gasteiger partial charge < -0.3 is 15.8 Å². The number of halogens is 1. The molecule has 3 N–H and O–H groups in total. The Balaban J connectivity index is 2.45. The fraction of sp³-hybridized carbons (Fsp3) is 0.462. The topological polar surface area (TPSA) is 64.3 Å². The second-order valence-corrected chi connectivity index (χ2v) is 5.22. The zero-order valence-corrected chi connectivity index (χ0v) is 12.2. The van der Waals surface area contributed by atoms with E-state index in [9.17, 15) is 4.79 Å². The van der Waals surface area contributed by atoms with Crippen molar-refractivity contribution in [2.45, 2.75) is 20.0 Å². The smallest absolute Gasteiger partial charge is 0.260 e. The number of nitrogens with two attached hydrogens (primary N) is 1. The number of hydrogen-bond donors (Lipinski definition) is 2. The second-order valence-electron chi connectivity index (χ2n) is 4.30. The minimum absolute atomic E-state index is 0.129. The van der Waals surface area contributed by atoms with Gasteiger partial charge in [-0.1, -0.05) is 28.9 Å². The summed E-state index contributed by atoms with van der Waals surface area (Å²) in [7, 11) is 0. The van der Waals surface area contributed by atoms with Crippen molar-refractivity contribution in [2.24, 2.45) is 11.7 Å². The molecule has 5 heteroatoms. The molecule has 100 valence electrons. The molecule has 2 atom stereocenters. The summed E-state index contributed by atoms with van der Waals surface area (Å²) in [6, 6.07) is 7.41. The molecule has 1 aromatic rings. The molecule has 0 aliphatic carbocycles. The fourth-order valence-corrected chi connectivity index (χ4v) is 1.68. The van der Waals surface area contributed by atoms with Gasteiger partial charge in [0, 0.05) is 11.0 Å². The first-order valence-corrected chi connectivity index (χ1v) is 6.72. The first-order chi connectivity index (χ1) is 8.52. The molecule has 1 rings (SSSR count). The third-order valence-corrected chi connectivity index (χ3v) is 3.00. The van der Waals surface area contributed by atoms with Crippen LogP contribution in [-0.2, 0) is 4.79 Å². The molecular weight excluding hydrogens is 296 g/mol. The Kier molecular flexibility index (Phi) is 6.15. The second kappa shape index (κ2) is 7.38. The van der Waals surface area contributed by atoms with Crippen molar-refractivity contribution < 1.29 is 9.53 Å². The minimum Gasteiger partial charge on any atom is -0.481 e. The normalized spacial score (nSPS) is 13.8. The van der Waals surface area contributed by atoms with E-state index in [1.165, 1.54) is 0 Å². The summed E-state index contributed by atoms with van der Waals surface area (Å²) in [6.07, 6.45) is -0.524. The highest BCUT2D eigenvalue weighted by Crippen LogP contribution is 2.18. The van der Waals surface area contributed by atoms with Gasteiger partial charge in [-0.15, -0.1) is 0 Å². The van der Waals surface area contributed by atoms with E-state index < -0.39 is 6.10 Å². The van der Waals surface area contributed by atoms with Gasteiger partial charge in [-0.05, 0) is 37.6 Å². The Morgan fingerprint density at radius 2 is 2.22 bits per heavy atom. The lowest BCUT2D eigenvalue weighted by Gasteiger charge is -2.16. The maximum Gasteiger partial charge on any atom is 0.260 e. The average molecular weight is 315 g/mol. The number of carbonyl (C=O) groups is 1. The van der Waals surface area contributed by atoms with Gasteiger partial charge in [0.25, 0.3) is 5.91 Å². The van der Waals surface area contributed by atoms with Crippen LogP contribution in [0.3, 0.4) is 0 Å². The van der Waals surface area contributed by atoms with Crippen molar-refractivity contribution in [3.05, 3.63) is 28.7 Å². The van der Waals surface area contributed by atoms with Crippen LogP contribution in [0.15, 0.2) is 28.7 Å². The summed E-state index contributed by atoms with van der Waals surface area (Å²) >= 11 is 3.35. The molecule has 0 saturated carbocycles. The molecule has 0 aliphatic heterocycles. The van der Waals surface area contributed by atoms with Crippen LogP contribution in [0.1, 0.15) is 13.8 Å². The van der Waals surface area contributed by atoms with Crippen molar-refractivity contribution in [1.82, 2.24) is 5.32 Å². The molecule has 18 heavy (non-hydrogen) atoms. The zero-order valence-electron chi connectivity index (χ0n) is 10.7. The van der Waals surface area contributed by atoms with Crippen LogP contribution in [0.5, 0.6) is 5.75 Å². The third kappa shape index (κ3) is 5.06. The van der Waals surface area contributed by atoms with Crippen molar-refractivity contribution in [3.8, 4) is 5.75 Å². The van der Waals surface area contributed by atoms with E-state index in [1.807, 2.05) is 31.2 Å². The van der Waals surface area contributed by atoms with Crippen molar-refractivity contribution in [3.63, 3.8) is 0 Å². The first-order valence-electron chi connectivity index (χ1n) is 5.93. The lowest BCUT2D eigenvalue weighted by atomic mass is 10.2. The van der Waals surface area contributed by atoms with E-state index in [2.05, 4.69) is 21.2 Å². The summed E-state index contributed by atoms with van der Waals surface area (Å²) in [5, 5.41) is 2.81. The van der Waals surface area contributed by atoms with Crippen LogP contribution >= 0.6 is 15.9 Å². The van der Waals surface area contributed by atoms with Crippen LogP contribution in [0.4, 0.5) is 0 Å². The molecule has 0 saturated heterocycles. The van der Waals surface area contributed by atoms with E-state index in [1.54, 1.807) is 6.92 Å². The van der Waals surface area contributed by atoms with Gasteiger partial charge in [0.1, 0.15) is 5.75 Å². The maximum atomic E-state index is 11.8. The molecular formula is C13H19BrN2O2. The van der Waals surface area contributed by atoms with Gasteiger partial charge >= 0.3 is 0 Å².